The van der Waals surface area contributed by atoms with Crippen molar-refractivity contribution in [2.24, 2.45) is 29.1 Å². The predicted octanol–water partition coefficient (Wildman–Crippen LogP) is 3.77. The molecule has 2 aromatic rings. The highest BCUT2D eigenvalue weighted by Crippen LogP contribution is 2.37. The first-order chi connectivity index (χ1) is 26.9. The Morgan fingerprint density at radius 1 is 0.786 bits per heavy atom. The summed E-state index contributed by atoms with van der Waals surface area (Å²) >= 11 is 0. The van der Waals surface area contributed by atoms with E-state index < -0.39 is 6.04 Å². The summed E-state index contributed by atoms with van der Waals surface area (Å²) in [4.78, 5) is 40.6. The minimum absolute atomic E-state index is 0.00783. The first-order valence-electron chi connectivity index (χ1n) is 20.0. The van der Waals surface area contributed by atoms with E-state index in [1.165, 1.54) is 0 Å². The number of hydrogen-bond donors (Lipinski definition) is 5. The molecule has 0 bridgehead atoms. The number of benzene rings is 2. The zero-order valence-electron chi connectivity index (χ0n) is 34.2. The van der Waals surface area contributed by atoms with Crippen molar-refractivity contribution in [1.82, 2.24) is 15.6 Å². The number of anilines is 1. The number of carbonyl (C=O) groups excluding carboxylic acids is 3. The van der Waals surface area contributed by atoms with E-state index in [0.29, 0.717) is 90.1 Å². The number of rotatable bonds is 26. The van der Waals surface area contributed by atoms with Crippen LogP contribution in [0.25, 0.3) is 11.4 Å². The molecule has 0 saturated carbocycles. The van der Waals surface area contributed by atoms with E-state index in [4.69, 9.17) is 36.3 Å². The monoisotopic (exact) mass is 782 g/mol. The lowest BCUT2D eigenvalue weighted by Gasteiger charge is -2.33. The number of nitrogens with two attached hydrogens (primary N) is 3. The van der Waals surface area contributed by atoms with Gasteiger partial charge in [-0.3, -0.25) is 14.4 Å². The van der Waals surface area contributed by atoms with Gasteiger partial charge in [-0.05, 0) is 56.2 Å². The fourth-order valence-electron chi connectivity index (χ4n) is 6.07. The standard InChI is InChI=1S/C42H67N7O7/c1-30(2)28-39(51)48-29-33-12-6-7-13-34(33)40(44)41(35-14-8-9-16-37(35)48)49(45)19-21-54-23-25-56-27-26-55-24-22-53-20-17-38(50)47-36(15-10-11-18-43)42(52)46-32(5)31(3)4/h6-9,12-14,16,30-32,36H,10-11,15,17-29,43-45H2,1-5H3,(H,46,52)(H,47,50)/b41-40-. The molecular formula is C42H67N7O7. The second kappa shape index (κ2) is 25.3. The van der Waals surface area contributed by atoms with E-state index in [2.05, 4.69) is 10.6 Å². The van der Waals surface area contributed by atoms with Crippen LogP contribution >= 0.6 is 0 Å². The third kappa shape index (κ3) is 15.5. The Bertz CT molecular complexity index is 1540. The van der Waals surface area contributed by atoms with Crippen LogP contribution in [0.1, 0.15) is 83.4 Å². The summed E-state index contributed by atoms with van der Waals surface area (Å²) in [5.74, 6) is 6.82. The molecule has 14 heteroatoms. The first-order valence-corrected chi connectivity index (χ1v) is 20.0. The highest BCUT2D eigenvalue weighted by Gasteiger charge is 2.28. The molecule has 0 radical (unpaired) electrons. The van der Waals surface area contributed by atoms with Crippen molar-refractivity contribution in [2.75, 3.05) is 70.8 Å². The van der Waals surface area contributed by atoms with Gasteiger partial charge in [0.25, 0.3) is 0 Å². The lowest BCUT2D eigenvalue weighted by atomic mass is 9.95. The second-order valence-corrected chi connectivity index (χ2v) is 14.9. The Kier molecular flexibility index (Phi) is 20.9. The average Bonchev–Trinajstić information content (AvgIpc) is 3.16. The Morgan fingerprint density at radius 3 is 2.00 bits per heavy atom. The van der Waals surface area contributed by atoms with Crippen molar-refractivity contribution in [3.63, 3.8) is 0 Å². The van der Waals surface area contributed by atoms with Gasteiger partial charge in [0.05, 0.1) is 83.0 Å². The first kappa shape index (κ1) is 46.3. The van der Waals surface area contributed by atoms with Gasteiger partial charge in [-0.15, -0.1) is 0 Å². The van der Waals surface area contributed by atoms with Gasteiger partial charge in [0.1, 0.15) is 6.04 Å². The zero-order valence-corrected chi connectivity index (χ0v) is 34.2. The number of fused-ring (bicyclic) bond motifs is 2. The van der Waals surface area contributed by atoms with Crippen LogP contribution in [0.4, 0.5) is 5.69 Å². The topological polar surface area (TPSA) is 197 Å². The summed E-state index contributed by atoms with van der Waals surface area (Å²) < 4.78 is 22.6. The highest BCUT2D eigenvalue weighted by molar-refractivity contribution is 6.01. The average molecular weight is 782 g/mol. The predicted molar refractivity (Wildman–Crippen MR) is 221 cm³/mol. The molecule has 2 aromatic carbocycles. The number of ether oxygens (including phenoxy) is 4. The van der Waals surface area contributed by atoms with E-state index in [9.17, 15) is 14.4 Å². The Hall–Kier alpha value is -4.05. The van der Waals surface area contributed by atoms with Gasteiger partial charge in [0.15, 0.2) is 0 Å². The van der Waals surface area contributed by atoms with E-state index in [1.54, 1.807) is 5.01 Å². The third-order valence-corrected chi connectivity index (χ3v) is 9.55. The second-order valence-electron chi connectivity index (χ2n) is 14.9. The summed E-state index contributed by atoms with van der Waals surface area (Å²) in [6.45, 7) is 14.2. The highest BCUT2D eigenvalue weighted by atomic mass is 16.6. The van der Waals surface area contributed by atoms with Crippen LogP contribution in [-0.2, 0) is 39.9 Å². The molecule has 8 N–H and O–H groups in total. The van der Waals surface area contributed by atoms with E-state index in [0.717, 1.165) is 35.2 Å². The fourth-order valence-corrected chi connectivity index (χ4v) is 6.07. The molecule has 312 valence electrons. The number of amides is 3. The maximum absolute atomic E-state index is 13.5. The van der Waals surface area contributed by atoms with E-state index in [-0.39, 0.29) is 48.6 Å². The number of nitrogens with zero attached hydrogens (tertiary/aromatic N) is 2. The van der Waals surface area contributed by atoms with Gasteiger partial charge >= 0.3 is 0 Å². The van der Waals surface area contributed by atoms with Crippen LogP contribution in [-0.4, -0.2) is 101 Å². The van der Waals surface area contributed by atoms with Crippen LogP contribution in [0.2, 0.25) is 0 Å². The normalized spacial score (nSPS) is 15.1. The molecule has 0 spiro atoms. The molecule has 0 saturated heterocycles. The molecular weight excluding hydrogens is 715 g/mol. The van der Waals surface area contributed by atoms with Crippen LogP contribution in [0.3, 0.4) is 0 Å². The van der Waals surface area contributed by atoms with Gasteiger partial charge in [-0.2, -0.15) is 0 Å². The SMILES string of the molecule is CC(C)CC(=O)N1Cc2ccccc2/C(N)=C(/N(N)CCOCCOCCOCCOCCC(=O)NC(CCCCN)C(=O)NC(C)C(C)C)c2ccccc21. The van der Waals surface area contributed by atoms with Crippen molar-refractivity contribution in [1.29, 1.82) is 0 Å². The molecule has 1 aliphatic rings. The van der Waals surface area contributed by atoms with Crippen LogP contribution in [0.15, 0.2) is 48.5 Å². The molecule has 2 unspecified atom stereocenters. The molecule has 3 rings (SSSR count). The molecule has 1 heterocycles. The molecule has 14 nitrogen and oxygen atoms in total. The zero-order chi connectivity index (χ0) is 40.9. The number of hydrogen-bond acceptors (Lipinski definition) is 11. The molecule has 0 aliphatic carbocycles. The summed E-state index contributed by atoms with van der Waals surface area (Å²) in [5.41, 5.74) is 17.0. The molecule has 1 aliphatic heterocycles. The Balaban J connectivity index is 1.34. The summed E-state index contributed by atoms with van der Waals surface area (Å²) in [7, 11) is 0. The molecule has 3 amide bonds. The van der Waals surface area contributed by atoms with Crippen LogP contribution in [0, 0.1) is 11.8 Å². The number of unbranched alkanes of at least 4 members (excludes halogenated alkanes) is 1. The lowest BCUT2D eigenvalue weighted by molar-refractivity contribution is -0.130. The maximum atomic E-state index is 13.5. The minimum atomic E-state index is -0.593. The van der Waals surface area contributed by atoms with Gasteiger partial charge in [-0.25, -0.2) is 5.84 Å². The molecule has 2 atom stereocenters. The van der Waals surface area contributed by atoms with Crippen molar-refractivity contribution in [3.05, 3.63) is 65.2 Å². The molecule has 56 heavy (non-hydrogen) atoms. The minimum Gasteiger partial charge on any atom is -0.396 e. The van der Waals surface area contributed by atoms with E-state index in [1.807, 2.05) is 88.0 Å². The Labute approximate surface area is 333 Å². The van der Waals surface area contributed by atoms with Gasteiger partial charge in [0.2, 0.25) is 17.7 Å². The third-order valence-electron chi connectivity index (χ3n) is 9.55. The largest absolute Gasteiger partial charge is 0.396 e. The Morgan fingerprint density at radius 2 is 1.38 bits per heavy atom. The smallest absolute Gasteiger partial charge is 0.242 e. The summed E-state index contributed by atoms with van der Waals surface area (Å²) in [5, 5.41) is 7.44. The van der Waals surface area contributed by atoms with Crippen molar-refractivity contribution in [2.45, 2.75) is 85.4 Å². The number of carbonyl (C=O) groups is 3. The van der Waals surface area contributed by atoms with Gasteiger partial charge in [0, 0.05) is 30.0 Å². The lowest BCUT2D eigenvalue weighted by Crippen LogP contribution is -2.50. The molecule has 0 aromatic heterocycles. The van der Waals surface area contributed by atoms with Crippen LogP contribution in [0.5, 0.6) is 0 Å². The summed E-state index contributed by atoms with van der Waals surface area (Å²) in [6.07, 6.45) is 2.66. The van der Waals surface area contributed by atoms with Crippen molar-refractivity contribution in [3.8, 4) is 0 Å². The van der Waals surface area contributed by atoms with Gasteiger partial charge < -0.3 is 51.0 Å². The maximum Gasteiger partial charge on any atom is 0.242 e. The van der Waals surface area contributed by atoms with Crippen molar-refractivity contribution < 1.29 is 33.3 Å². The van der Waals surface area contributed by atoms with E-state index >= 15 is 0 Å². The fraction of sp³-hybridized carbons (Fsp3) is 0.595. The molecule has 0 fully saturated rings. The quantitative estimate of drug-likeness (QED) is 0.0530. The van der Waals surface area contributed by atoms with Crippen LogP contribution < -0.4 is 32.8 Å². The number of para-hydroxylation sites is 1. The number of hydrazine groups is 1. The number of nitrogens with one attached hydrogen (secondary N) is 2. The van der Waals surface area contributed by atoms with Gasteiger partial charge in [-0.1, -0.05) is 70.2 Å². The summed E-state index contributed by atoms with van der Waals surface area (Å²) in [6, 6.07) is 15.0. The van der Waals surface area contributed by atoms with Crippen molar-refractivity contribution >= 4 is 34.8 Å².